The van der Waals surface area contributed by atoms with Crippen molar-refractivity contribution in [3.05, 3.63) is 91.1 Å². The second-order valence-corrected chi connectivity index (χ2v) is 7.20. The standard InChI is InChI=1S/C20H15ClF4N4O3/c1-11(30)15-10-29(27(2)17-16(21)7-13(8-26-17)20(23,24)25)19(32)28(18(15)31)9-12-3-5-14(22)6-4-12/h3-8,10H,9H2,1-2H3. The van der Waals surface area contributed by atoms with E-state index in [9.17, 15) is 31.9 Å². The van der Waals surface area contributed by atoms with Gasteiger partial charge >= 0.3 is 11.9 Å². The van der Waals surface area contributed by atoms with Crippen molar-refractivity contribution >= 4 is 23.2 Å². The Balaban J connectivity index is 2.15. The molecule has 3 rings (SSSR count). The number of halogens is 5. The van der Waals surface area contributed by atoms with Crippen LogP contribution in [0.4, 0.5) is 23.4 Å². The Kier molecular flexibility index (Phi) is 6.22. The second-order valence-electron chi connectivity index (χ2n) is 6.79. The number of aromatic nitrogens is 3. The number of Topliss-reactive ketones (excluding diaryl/α,β-unsaturated/α-hetero) is 1. The lowest BCUT2D eigenvalue weighted by Crippen LogP contribution is -2.47. The molecule has 0 N–H and O–H groups in total. The summed E-state index contributed by atoms with van der Waals surface area (Å²) in [7, 11) is 1.28. The maximum absolute atomic E-state index is 13.2. The summed E-state index contributed by atoms with van der Waals surface area (Å²) < 4.78 is 53.4. The van der Waals surface area contributed by atoms with E-state index < -0.39 is 39.6 Å². The third-order valence-electron chi connectivity index (χ3n) is 4.57. The molecule has 1 aromatic carbocycles. The predicted molar refractivity (Wildman–Crippen MR) is 109 cm³/mol. The van der Waals surface area contributed by atoms with Gasteiger partial charge in [-0.05, 0) is 30.7 Å². The molecule has 0 aliphatic heterocycles. The number of carbonyl (C=O) groups excluding carboxylic acids is 1. The number of benzene rings is 1. The number of hydrogen-bond acceptors (Lipinski definition) is 5. The van der Waals surface area contributed by atoms with Crippen LogP contribution in [0.25, 0.3) is 0 Å². The number of anilines is 1. The number of hydrogen-bond donors (Lipinski definition) is 0. The van der Waals surface area contributed by atoms with Crippen LogP contribution >= 0.6 is 11.6 Å². The monoisotopic (exact) mass is 470 g/mol. The highest BCUT2D eigenvalue weighted by Gasteiger charge is 2.32. The van der Waals surface area contributed by atoms with Gasteiger partial charge in [-0.25, -0.2) is 18.8 Å². The Bertz CT molecular complexity index is 1300. The van der Waals surface area contributed by atoms with Gasteiger partial charge in [-0.1, -0.05) is 23.7 Å². The van der Waals surface area contributed by atoms with Gasteiger partial charge < -0.3 is 0 Å². The molecule has 0 saturated heterocycles. The first kappa shape index (κ1) is 23.2. The summed E-state index contributed by atoms with van der Waals surface area (Å²) in [5, 5.41) is 0.604. The van der Waals surface area contributed by atoms with Gasteiger partial charge in [-0.3, -0.25) is 19.2 Å². The lowest BCUT2D eigenvalue weighted by Gasteiger charge is -2.23. The minimum atomic E-state index is -4.67. The fraction of sp³-hybridized carbons (Fsp3) is 0.200. The zero-order chi connectivity index (χ0) is 23.8. The van der Waals surface area contributed by atoms with Crippen LogP contribution in [0.1, 0.15) is 28.4 Å². The Labute approximate surface area is 183 Å². The fourth-order valence-corrected chi connectivity index (χ4v) is 3.17. The molecule has 0 radical (unpaired) electrons. The molecular weight excluding hydrogens is 456 g/mol. The van der Waals surface area contributed by atoms with Crippen molar-refractivity contribution in [2.24, 2.45) is 0 Å². The fourth-order valence-electron chi connectivity index (χ4n) is 2.88. The molecule has 2 aromatic heterocycles. The number of ketones is 1. The minimum absolute atomic E-state index is 0.219. The lowest BCUT2D eigenvalue weighted by molar-refractivity contribution is -0.137. The van der Waals surface area contributed by atoms with Crippen molar-refractivity contribution in [1.82, 2.24) is 14.2 Å². The van der Waals surface area contributed by atoms with Crippen molar-refractivity contribution in [2.75, 3.05) is 12.1 Å². The van der Waals surface area contributed by atoms with Crippen LogP contribution in [0.5, 0.6) is 0 Å². The quantitative estimate of drug-likeness (QED) is 0.422. The minimum Gasteiger partial charge on any atom is -0.294 e. The van der Waals surface area contributed by atoms with Crippen LogP contribution in [-0.4, -0.2) is 27.1 Å². The van der Waals surface area contributed by atoms with E-state index in [4.69, 9.17) is 11.6 Å². The zero-order valence-corrected chi connectivity index (χ0v) is 17.4. The average Bonchev–Trinajstić information content (AvgIpc) is 2.71. The summed E-state index contributed by atoms with van der Waals surface area (Å²) in [5.74, 6) is -1.38. The van der Waals surface area contributed by atoms with E-state index in [1.165, 1.54) is 19.2 Å². The highest BCUT2D eigenvalue weighted by molar-refractivity contribution is 6.33. The molecule has 7 nitrogen and oxygen atoms in total. The Morgan fingerprint density at radius 1 is 1.19 bits per heavy atom. The zero-order valence-electron chi connectivity index (χ0n) is 16.7. The summed E-state index contributed by atoms with van der Waals surface area (Å²) in [6.07, 6.45) is -3.16. The third kappa shape index (κ3) is 4.57. The van der Waals surface area contributed by atoms with Gasteiger partial charge in [0, 0.05) is 19.4 Å². The van der Waals surface area contributed by atoms with Crippen molar-refractivity contribution in [3.8, 4) is 0 Å². The van der Waals surface area contributed by atoms with Gasteiger partial charge in [0.25, 0.3) is 5.56 Å². The van der Waals surface area contributed by atoms with E-state index in [-0.39, 0.29) is 17.9 Å². The molecule has 0 bridgehead atoms. The summed E-state index contributed by atoms with van der Waals surface area (Å²) in [5.41, 5.74) is -2.81. The van der Waals surface area contributed by atoms with E-state index in [0.29, 0.717) is 17.8 Å². The molecule has 0 saturated carbocycles. The molecular formula is C20H15ClF4N4O3. The SMILES string of the molecule is CC(=O)c1cn(N(C)c2ncc(C(F)(F)F)cc2Cl)c(=O)n(Cc2ccc(F)cc2)c1=O. The highest BCUT2D eigenvalue weighted by Crippen LogP contribution is 2.33. The van der Waals surface area contributed by atoms with Crippen LogP contribution in [0.3, 0.4) is 0 Å². The molecule has 168 valence electrons. The van der Waals surface area contributed by atoms with E-state index in [1.807, 2.05) is 0 Å². The van der Waals surface area contributed by atoms with Crippen LogP contribution < -0.4 is 16.3 Å². The Morgan fingerprint density at radius 3 is 2.34 bits per heavy atom. The van der Waals surface area contributed by atoms with Gasteiger partial charge in [0.05, 0.1) is 17.1 Å². The molecule has 0 unspecified atom stereocenters. The molecule has 0 aliphatic carbocycles. The first-order valence-electron chi connectivity index (χ1n) is 8.98. The molecule has 0 amide bonds. The molecule has 0 fully saturated rings. The van der Waals surface area contributed by atoms with Gasteiger partial charge in [-0.15, -0.1) is 0 Å². The number of carbonyl (C=O) groups is 1. The molecule has 32 heavy (non-hydrogen) atoms. The van der Waals surface area contributed by atoms with Crippen LogP contribution in [0.2, 0.25) is 5.02 Å². The van der Waals surface area contributed by atoms with Gasteiger partial charge in [0.1, 0.15) is 11.4 Å². The van der Waals surface area contributed by atoms with E-state index in [0.717, 1.165) is 39.5 Å². The van der Waals surface area contributed by atoms with E-state index in [2.05, 4.69) is 4.98 Å². The maximum Gasteiger partial charge on any atom is 0.417 e. The summed E-state index contributed by atoms with van der Waals surface area (Å²) in [6.45, 7) is 0.845. The smallest absolute Gasteiger partial charge is 0.294 e. The van der Waals surface area contributed by atoms with E-state index in [1.54, 1.807) is 0 Å². The van der Waals surface area contributed by atoms with Crippen LogP contribution in [0.15, 0.2) is 52.3 Å². The molecule has 12 heteroatoms. The van der Waals surface area contributed by atoms with Crippen LogP contribution in [-0.2, 0) is 12.7 Å². The van der Waals surface area contributed by atoms with Crippen LogP contribution in [0, 0.1) is 5.82 Å². The Hall–Kier alpha value is -3.47. The number of nitrogens with zero attached hydrogens (tertiary/aromatic N) is 4. The topological polar surface area (TPSA) is 77.2 Å². The third-order valence-corrected chi connectivity index (χ3v) is 4.84. The van der Waals surface area contributed by atoms with Gasteiger partial charge in [0.2, 0.25) is 0 Å². The maximum atomic E-state index is 13.2. The molecule has 2 heterocycles. The number of alkyl halides is 3. The molecule has 0 spiro atoms. The number of pyridine rings is 1. The average molecular weight is 471 g/mol. The summed E-state index contributed by atoms with van der Waals surface area (Å²) >= 11 is 5.96. The lowest BCUT2D eigenvalue weighted by atomic mass is 10.2. The largest absolute Gasteiger partial charge is 0.417 e. The molecule has 0 aliphatic rings. The normalized spacial score (nSPS) is 11.5. The van der Waals surface area contributed by atoms with E-state index >= 15 is 0 Å². The number of rotatable bonds is 5. The summed E-state index contributed by atoms with van der Waals surface area (Å²) in [4.78, 5) is 41.4. The second kappa shape index (κ2) is 8.58. The predicted octanol–water partition coefficient (Wildman–Crippen LogP) is 3.37. The first-order chi connectivity index (χ1) is 14.9. The molecule has 3 aromatic rings. The van der Waals surface area contributed by atoms with Crippen molar-refractivity contribution in [1.29, 1.82) is 0 Å². The first-order valence-corrected chi connectivity index (χ1v) is 9.36. The summed E-state index contributed by atoms with van der Waals surface area (Å²) in [6, 6.07) is 5.66. The van der Waals surface area contributed by atoms with Crippen molar-refractivity contribution < 1.29 is 22.4 Å². The highest BCUT2D eigenvalue weighted by atomic mass is 35.5. The van der Waals surface area contributed by atoms with Gasteiger partial charge in [0.15, 0.2) is 11.6 Å². The van der Waals surface area contributed by atoms with Crippen molar-refractivity contribution in [2.45, 2.75) is 19.6 Å². The van der Waals surface area contributed by atoms with Gasteiger partial charge in [-0.2, -0.15) is 13.2 Å². The Morgan fingerprint density at radius 2 is 1.81 bits per heavy atom. The van der Waals surface area contributed by atoms with Crippen molar-refractivity contribution in [3.63, 3.8) is 0 Å². The molecule has 0 atom stereocenters.